The molecule has 28 heavy (non-hydrogen) atoms. The second-order valence-electron chi connectivity index (χ2n) is 8.86. The van der Waals surface area contributed by atoms with Crippen molar-refractivity contribution >= 4 is 31.9 Å². The molecule has 0 saturated carbocycles. The van der Waals surface area contributed by atoms with Crippen molar-refractivity contribution < 1.29 is 0 Å². The molecule has 0 bridgehead atoms. The Kier molecular flexibility index (Phi) is 28.9. The first kappa shape index (κ1) is 29.0. The molecule has 0 saturated heterocycles. The standard InChI is InChI=1S/C26H52Br2/c27-25-23-21-19-17-15-13-11-9-7-5-3-1-2-4-6-8-10-12-14-16-18-20-22-24-26-28/h1-26H2. The van der Waals surface area contributed by atoms with Gasteiger partial charge < -0.3 is 0 Å². The van der Waals surface area contributed by atoms with Crippen LogP contribution < -0.4 is 0 Å². The lowest BCUT2D eigenvalue weighted by Crippen LogP contribution is -1.85. The number of rotatable bonds is 25. The molecule has 0 aliphatic rings. The van der Waals surface area contributed by atoms with Crippen LogP contribution in [0.25, 0.3) is 0 Å². The molecule has 0 heterocycles. The van der Waals surface area contributed by atoms with E-state index in [-0.39, 0.29) is 0 Å². The minimum Gasteiger partial charge on any atom is -0.0928 e. The summed E-state index contributed by atoms with van der Waals surface area (Å²) in [4.78, 5) is 0. The van der Waals surface area contributed by atoms with Crippen LogP contribution in [0.5, 0.6) is 0 Å². The van der Waals surface area contributed by atoms with Crippen molar-refractivity contribution in [3.63, 3.8) is 0 Å². The molecule has 0 aliphatic carbocycles. The summed E-state index contributed by atoms with van der Waals surface area (Å²) in [6.45, 7) is 0. The Morgan fingerprint density at radius 1 is 0.179 bits per heavy atom. The molecule has 0 aromatic carbocycles. The summed E-state index contributed by atoms with van der Waals surface area (Å²) in [7, 11) is 0. The summed E-state index contributed by atoms with van der Waals surface area (Å²) in [5.41, 5.74) is 0. The summed E-state index contributed by atoms with van der Waals surface area (Å²) in [6.07, 6.45) is 35.1. The fraction of sp³-hybridized carbons (Fsp3) is 1.00. The third-order valence-electron chi connectivity index (χ3n) is 6.02. The van der Waals surface area contributed by atoms with E-state index in [2.05, 4.69) is 31.9 Å². The average Bonchev–Trinajstić information content (AvgIpc) is 2.71. The van der Waals surface area contributed by atoms with Crippen molar-refractivity contribution in [3.05, 3.63) is 0 Å². The van der Waals surface area contributed by atoms with Crippen LogP contribution in [0.4, 0.5) is 0 Å². The molecule has 0 atom stereocenters. The number of hydrogen-bond acceptors (Lipinski definition) is 0. The van der Waals surface area contributed by atoms with Gasteiger partial charge in [-0.25, -0.2) is 0 Å². The zero-order valence-corrected chi connectivity index (χ0v) is 22.3. The lowest BCUT2D eigenvalue weighted by atomic mass is 10.0. The van der Waals surface area contributed by atoms with Gasteiger partial charge in [-0.3, -0.25) is 0 Å². The van der Waals surface area contributed by atoms with Gasteiger partial charge in [-0.1, -0.05) is 173 Å². The predicted molar refractivity (Wildman–Crippen MR) is 138 cm³/mol. The van der Waals surface area contributed by atoms with Crippen LogP contribution in [0.1, 0.15) is 154 Å². The van der Waals surface area contributed by atoms with E-state index in [9.17, 15) is 0 Å². The first-order chi connectivity index (χ1) is 13.9. The van der Waals surface area contributed by atoms with Gasteiger partial charge >= 0.3 is 0 Å². The van der Waals surface area contributed by atoms with Crippen molar-refractivity contribution in [2.45, 2.75) is 154 Å². The molecule has 170 valence electrons. The maximum Gasteiger partial charge on any atom is 0.00313 e. The monoisotopic (exact) mass is 522 g/mol. The maximum atomic E-state index is 3.51. The van der Waals surface area contributed by atoms with E-state index in [1.165, 1.54) is 165 Å². The van der Waals surface area contributed by atoms with Crippen molar-refractivity contribution in [1.82, 2.24) is 0 Å². The highest BCUT2D eigenvalue weighted by Crippen LogP contribution is 2.15. The van der Waals surface area contributed by atoms with Gasteiger partial charge in [0.25, 0.3) is 0 Å². The Morgan fingerprint density at radius 2 is 0.286 bits per heavy atom. The van der Waals surface area contributed by atoms with Crippen molar-refractivity contribution in [2.24, 2.45) is 0 Å². The van der Waals surface area contributed by atoms with E-state index in [4.69, 9.17) is 0 Å². The minimum absolute atomic E-state index is 1.19. The summed E-state index contributed by atoms with van der Waals surface area (Å²) in [6, 6.07) is 0. The van der Waals surface area contributed by atoms with Gasteiger partial charge in [-0.15, -0.1) is 0 Å². The largest absolute Gasteiger partial charge is 0.0928 e. The van der Waals surface area contributed by atoms with Crippen LogP contribution >= 0.6 is 31.9 Å². The highest BCUT2D eigenvalue weighted by atomic mass is 79.9. The molecule has 0 unspecified atom stereocenters. The summed E-state index contributed by atoms with van der Waals surface area (Å²) in [5, 5.41) is 2.37. The lowest BCUT2D eigenvalue weighted by molar-refractivity contribution is 0.518. The highest BCUT2D eigenvalue weighted by molar-refractivity contribution is 9.09. The first-order valence-electron chi connectivity index (χ1n) is 13.0. The van der Waals surface area contributed by atoms with Gasteiger partial charge in [0.2, 0.25) is 0 Å². The van der Waals surface area contributed by atoms with Crippen LogP contribution in [-0.2, 0) is 0 Å². The topological polar surface area (TPSA) is 0 Å². The van der Waals surface area contributed by atoms with Crippen LogP contribution in [0.3, 0.4) is 0 Å². The highest BCUT2D eigenvalue weighted by Gasteiger charge is 1.96. The molecular weight excluding hydrogens is 472 g/mol. The van der Waals surface area contributed by atoms with Crippen LogP contribution in [0.2, 0.25) is 0 Å². The molecule has 0 N–H and O–H groups in total. The molecule has 0 spiro atoms. The van der Waals surface area contributed by atoms with Crippen molar-refractivity contribution in [2.75, 3.05) is 10.7 Å². The molecular formula is C26H52Br2. The summed E-state index contributed by atoms with van der Waals surface area (Å²) >= 11 is 7.02. The Bertz CT molecular complexity index is 229. The summed E-state index contributed by atoms with van der Waals surface area (Å²) < 4.78 is 0. The van der Waals surface area contributed by atoms with E-state index >= 15 is 0 Å². The fourth-order valence-electron chi connectivity index (χ4n) is 4.08. The molecule has 0 nitrogen and oxygen atoms in total. The molecule has 0 aromatic rings. The minimum atomic E-state index is 1.19. The number of halogens is 2. The molecule has 2 heteroatoms. The molecule has 0 rings (SSSR count). The van der Waals surface area contributed by atoms with Crippen LogP contribution in [-0.4, -0.2) is 10.7 Å². The maximum absolute atomic E-state index is 3.51. The Balaban J connectivity index is 2.96. The third kappa shape index (κ3) is 27.0. The predicted octanol–water partition coefficient (Wildman–Crippen LogP) is 11.1. The number of hydrogen-bond donors (Lipinski definition) is 0. The van der Waals surface area contributed by atoms with Gasteiger partial charge in [0, 0.05) is 10.7 Å². The van der Waals surface area contributed by atoms with E-state index in [0.717, 1.165) is 0 Å². The second-order valence-corrected chi connectivity index (χ2v) is 10.4. The van der Waals surface area contributed by atoms with Gasteiger partial charge in [0.05, 0.1) is 0 Å². The van der Waals surface area contributed by atoms with Crippen molar-refractivity contribution in [3.8, 4) is 0 Å². The van der Waals surface area contributed by atoms with Gasteiger partial charge in [0.1, 0.15) is 0 Å². The number of unbranched alkanes of at least 4 members (excludes halogenated alkanes) is 23. The van der Waals surface area contributed by atoms with Gasteiger partial charge in [-0.2, -0.15) is 0 Å². The Hall–Kier alpha value is 0.960. The Morgan fingerprint density at radius 3 is 0.393 bits per heavy atom. The quantitative estimate of drug-likeness (QED) is 0.0823. The smallest absolute Gasteiger partial charge is 0.00313 e. The molecule has 0 aromatic heterocycles. The summed E-state index contributed by atoms with van der Waals surface area (Å²) in [5.74, 6) is 0. The zero-order chi connectivity index (χ0) is 20.4. The second kappa shape index (κ2) is 28.0. The molecule has 0 radical (unpaired) electrons. The van der Waals surface area contributed by atoms with E-state index in [0.29, 0.717) is 0 Å². The Labute approximate surface area is 196 Å². The van der Waals surface area contributed by atoms with E-state index in [1.54, 1.807) is 0 Å². The third-order valence-corrected chi connectivity index (χ3v) is 7.14. The molecule has 0 fully saturated rings. The molecule has 0 amide bonds. The fourth-order valence-corrected chi connectivity index (χ4v) is 4.87. The molecule has 0 aliphatic heterocycles. The number of alkyl halides is 2. The van der Waals surface area contributed by atoms with Crippen LogP contribution in [0.15, 0.2) is 0 Å². The van der Waals surface area contributed by atoms with Crippen LogP contribution in [0, 0.1) is 0 Å². The SMILES string of the molecule is BrCCCCCCCCCCCCCCCCCCCCCCCCCCBr. The van der Waals surface area contributed by atoms with Gasteiger partial charge in [0.15, 0.2) is 0 Å². The van der Waals surface area contributed by atoms with E-state index < -0.39 is 0 Å². The van der Waals surface area contributed by atoms with Crippen molar-refractivity contribution in [1.29, 1.82) is 0 Å². The van der Waals surface area contributed by atoms with E-state index in [1.807, 2.05) is 0 Å². The average molecular weight is 525 g/mol. The normalized spacial score (nSPS) is 11.4. The first-order valence-corrected chi connectivity index (χ1v) is 15.3. The van der Waals surface area contributed by atoms with Gasteiger partial charge in [-0.05, 0) is 12.8 Å². The zero-order valence-electron chi connectivity index (χ0n) is 19.1. The lowest BCUT2D eigenvalue weighted by Gasteiger charge is -2.04.